The van der Waals surface area contributed by atoms with Crippen LogP contribution in [0.3, 0.4) is 0 Å². The molecule has 216 valence electrons. The highest BCUT2D eigenvalue weighted by Crippen LogP contribution is 2.41. The number of thiazole rings is 1. The van der Waals surface area contributed by atoms with Crippen LogP contribution >= 0.6 is 23.1 Å². The van der Waals surface area contributed by atoms with Crippen molar-refractivity contribution in [2.75, 3.05) is 38.0 Å². The van der Waals surface area contributed by atoms with Crippen molar-refractivity contribution in [3.05, 3.63) is 22.3 Å². The average Bonchev–Trinajstić information content (AvgIpc) is 3.29. The number of ether oxygens (including phenoxy) is 3. The number of rotatable bonds is 8. The van der Waals surface area contributed by atoms with Crippen molar-refractivity contribution in [1.82, 2.24) is 20.1 Å². The van der Waals surface area contributed by atoms with Gasteiger partial charge in [-0.15, -0.1) is 23.1 Å². The number of carbonyl (C=O) groups is 5. The third-order valence-electron chi connectivity index (χ3n) is 6.08. The third kappa shape index (κ3) is 5.99. The summed E-state index contributed by atoms with van der Waals surface area (Å²) >= 11 is 2.26. The van der Waals surface area contributed by atoms with Crippen LogP contribution in [-0.4, -0.2) is 99.2 Å². The SMILES string of the molecule is CC(C)(C)C(=O)OCOC(=O)C1=C(COC(=O)N2CCC2)CS[C@@H]2[C@H](NC(=O)/C(=N\O)c3csc(N)n3)C(=O)N12. The zero-order valence-electron chi connectivity index (χ0n) is 21.9. The van der Waals surface area contributed by atoms with Gasteiger partial charge in [0.25, 0.3) is 11.8 Å². The molecule has 0 bridgehead atoms. The number of aromatic nitrogens is 1. The van der Waals surface area contributed by atoms with Crippen molar-refractivity contribution in [3.8, 4) is 0 Å². The van der Waals surface area contributed by atoms with Gasteiger partial charge in [0.2, 0.25) is 6.79 Å². The molecule has 0 saturated carbocycles. The lowest BCUT2D eigenvalue weighted by atomic mass is 9.98. The van der Waals surface area contributed by atoms with Gasteiger partial charge in [0.1, 0.15) is 29.4 Å². The summed E-state index contributed by atoms with van der Waals surface area (Å²) in [5, 5.41) is 15.7. The molecule has 4 N–H and O–H groups in total. The van der Waals surface area contributed by atoms with Crippen LogP contribution in [0.15, 0.2) is 21.8 Å². The minimum absolute atomic E-state index is 0.0303. The normalized spacial score (nSPS) is 20.7. The fourth-order valence-electron chi connectivity index (χ4n) is 3.76. The third-order valence-corrected chi connectivity index (χ3v) is 8.10. The molecule has 3 aliphatic rings. The lowest BCUT2D eigenvalue weighted by Crippen LogP contribution is -2.71. The van der Waals surface area contributed by atoms with Crippen LogP contribution in [-0.2, 0) is 33.4 Å². The summed E-state index contributed by atoms with van der Waals surface area (Å²) in [6.45, 7) is 5.09. The summed E-state index contributed by atoms with van der Waals surface area (Å²) in [5.41, 5.74) is 4.51. The summed E-state index contributed by atoms with van der Waals surface area (Å²) in [6.07, 6.45) is 0.324. The maximum Gasteiger partial charge on any atom is 0.410 e. The summed E-state index contributed by atoms with van der Waals surface area (Å²) < 4.78 is 15.5. The van der Waals surface area contributed by atoms with Gasteiger partial charge in [-0.3, -0.25) is 19.3 Å². The second-order valence-electron chi connectivity index (χ2n) is 9.96. The molecule has 0 radical (unpaired) electrons. The van der Waals surface area contributed by atoms with E-state index in [9.17, 15) is 29.2 Å². The van der Waals surface area contributed by atoms with Crippen LogP contribution in [0.1, 0.15) is 32.9 Å². The van der Waals surface area contributed by atoms with E-state index in [1.54, 1.807) is 20.8 Å². The van der Waals surface area contributed by atoms with E-state index in [-0.39, 0.29) is 28.9 Å². The average molecular weight is 597 g/mol. The summed E-state index contributed by atoms with van der Waals surface area (Å²) in [6, 6.07) is -1.07. The highest BCUT2D eigenvalue weighted by Gasteiger charge is 2.55. The number of likely N-dealkylation sites (tertiary alicyclic amines) is 1. The molecule has 17 heteroatoms. The number of esters is 2. The van der Waals surface area contributed by atoms with Crippen molar-refractivity contribution >= 4 is 63.8 Å². The monoisotopic (exact) mass is 596 g/mol. The molecule has 3 aliphatic heterocycles. The predicted octanol–water partition coefficient (Wildman–Crippen LogP) is 0.490. The van der Waals surface area contributed by atoms with Gasteiger partial charge in [-0.05, 0) is 27.2 Å². The highest BCUT2D eigenvalue weighted by atomic mass is 32.2. The van der Waals surface area contributed by atoms with Crippen LogP contribution in [0.25, 0.3) is 0 Å². The lowest BCUT2D eigenvalue weighted by Gasteiger charge is -2.49. The number of fused-ring (bicyclic) bond motifs is 1. The fourth-order valence-corrected chi connectivity index (χ4v) is 5.64. The standard InChI is InChI=1S/C23H28N6O9S2/c1-23(2,3)20(33)38-10-37-19(32)15-11(7-36-22(34)28-5-4-6-28)8-39-18-14(17(31)29(15)18)26-16(30)13(27-35)12-9-40-21(24)25-12/h9,14,18,35H,4-8,10H2,1-3H3,(H2,24,25)(H,26,30)/b27-13-/t14-,18-/m1/s1. The fraction of sp³-hybridized carbons (Fsp3) is 0.522. The predicted molar refractivity (Wildman–Crippen MR) is 141 cm³/mol. The van der Waals surface area contributed by atoms with E-state index < -0.39 is 59.2 Å². The number of anilines is 1. The molecule has 1 aromatic rings. The maximum atomic E-state index is 13.2. The first-order chi connectivity index (χ1) is 18.9. The van der Waals surface area contributed by atoms with Gasteiger partial charge >= 0.3 is 18.0 Å². The first kappa shape index (κ1) is 29.1. The van der Waals surface area contributed by atoms with Gasteiger partial charge in [0.15, 0.2) is 10.8 Å². The Kier molecular flexibility index (Phi) is 8.53. The Hall–Kier alpha value is -3.86. The molecule has 15 nitrogen and oxygen atoms in total. The molecular weight excluding hydrogens is 568 g/mol. The second kappa shape index (κ2) is 11.7. The van der Waals surface area contributed by atoms with E-state index >= 15 is 0 Å². The van der Waals surface area contributed by atoms with Gasteiger partial charge in [-0.2, -0.15) is 0 Å². The molecule has 2 saturated heterocycles. The van der Waals surface area contributed by atoms with Gasteiger partial charge in [-0.1, -0.05) is 5.16 Å². The van der Waals surface area contributed by atoms with Crippen molar-refractivity contribution in [2.45, 2.75) is 38.6 Å². The zero-order chi connectivity index (χ0) is 29.2. The number of hydrogen-bond donors (Lipinski definition) is 3. The lowest BCUT2D eigenvalue weighted by molar-refractivity contribution is -0.173. The molecule has 0 spiro atoms. The molecule has 1 aromatic heterocycles. The van der Waals surface area contributed by atoms with Crippen LogP contribution in [0, 0.1) is 5.41 Å². The molecule has 4 heterocycles. The van der Waals surface area contributed by atoms with Gasteiger partial charge in [0.05, 0.1) is 5.41 Å². The van der Waals surface area contributed by atoms with Crippen molar-refractivity contribution in [2.24, 2.45) is 10.6 Å². The largest absolute Gasteiger partial charge is 0.445 e. The molecule has 2 atom stereocenters. The number of thioether (sulfide) groups is 1. The van der Waals surface area contributed by atoms with Crippen molar-refractivity contribution in [3.63, 3.8) is 0 Å². The molecule has 0 aromatic carbocycles. The highest BCUT2D eigenvalue weighted by molar-refractivity contribution is 8.00. The molecule has 0 aliphatic carbocycles. The number of nitrogens with one attached hydrogen (secondary N) is 1. The molecule has 3 amide bonds. The zero-order valence-corrected chi connectivity index (χ0v) is 23.5. The number of oxime groups is 1. The second-order valence-corrected chi connectivity index (χ2v) is 12.0. The van der Waals surface area contributed by atoms with E-state index in [4.69, 9.17) is 19.9 Å². The number of hydrogen-bond acceptors (Lipinski definition) is 14. The van der Waals surface area contributed by atoms with Crippen molar-refractivity contribution < 1.29 is 43.4 Å². The van der Waals surface area contributed by atoms with Crippen LogP contribution in [0.2, 0.25) is 0 Å². The number of nitrogens with zero attached hydrogens (tertiary/aromatic N) is 4. The number of nitrogen functional groups attached to an aromatic ring is 1. The van der Waals surface area contributed by atoms with Crippen molar-refractivity contribution in [1.29, 1.82) is 0 Å². The minimum atomic E-state index is -1.07. The van der Waals surface area contributed by atoms with E-state index in [1.807, 2.05) is 0 Å². The quantitative estimate of drug-likeness (QED) is 0.0937. The Morgan fingerprint density at radius 1 is 1.23 bits per heavy atom. The Morgan fingerprint density at radius 2 is 1.95 bits per heavy atom. The number of nitrogens with two attached hydrogens (primary N) is 1. The summed E-state index contributed by atoms with van der Waals surface area (Å²) in [4.78, 5) is 69.9. The Bertz CT molecular complexity index is 1280. The topological polar surface area (TPSA) is 203 Å². The number of amides is 3. The summed E-state index contributed by atoms with van der Waals surface area (Å²) in [5.74, 6) is -2.91. The van der Waals surface area contributed by atoms with Crippen LogP contribution in [0.4, 0.5) is 9.93 Å². The Labute approximate surface area is 236 Å². The molecule has 4 rings (SSSR count). The maximum absolute atomic E-state index is 13.2. The number of β-lactam (4-membered cyclic amide) rings is 1. The molecule has 0 unspecified atom stereocenters. The van der Waals surface area contributed by atoms with Gasteiger partial charge < -0.3 is 35.4 Å². The van der Waals surface area contributed by atoms with Gasteiger partial charge in [-0.25, -0.2) is 14.6 Å². The minimum Gasteiger partial charge on any atom is -0.445 e. The molecule has 40 heavy (non-hydrogen) atoms. The van der Waals surface area contributed by atoms with E-state index in [2.05, 4.69) is 15.5 Å². The molecular formula is C23H28N6O9S2. The Morgan fingerprint density at radius 3 is 2.52 bits per heavy atom. The van der Waals surface area contributed by atoms with Gasteiger partial charge in [0, 0.05) is 29.8 Å². The molecule has 2 fully saturated rings. The first-order valence-corrected chi connectivity index (χ1v) is 14.0. The first-order valence-electron chi connectivity index (χ1n) is 12.1. The van der Waals surface area contributed by atoms with E-state index in [1.165, 1.54) is 22.0 Å². The van der Waals surface area contributed by atoms with E-state index in [0.29, 0.717) is 18.7 Å². The van der Waals surface area contributed by atoms with Crippen LogP contribution < -0.4 is 11.1 Å². The number of carbonyl (C=O) groups excluding carboxylic acids is 5. The van der Waals surface area contributed by atoms with Crippen LogP contribution in [0.5, 0.6) is 0 Å². The Balaban J connectivity index is 1.48. The smallest absolute Gasteiger partial charge is 0.410 e. The van der Waals surface area contributed by atoms with E-state index in [0.717, 1.165) is 22.7 Å². The summed E-state index contributed by atoms with van der Waals surface area (Å²) in [7, 11) is 0.